The predicted molar refractivity (Wildman–Crippen MR) is 92.1 cm³/mol. The Morgan fingerprint density at radius 1 is 1.25 bits per heavy atom. The number of hydrogen-bond donors (Lipinski definition) is 1. The van der Waals surface area contributed by atoms with Gasteiger partial charge in [0, 0.05) is 31.9 Å². The normalized spacial score (nSPS) is 19.6. The van der Waals surface area contributed by atoms with Gasteiger partial charge in [-0.25, -0.2) is 4.79 Å². The van der Waals surface area contributed by atoms with Gasteiger partial charge in [0.2, 0.25) is 5.56 Å². The number of pyridine rings is 1. The van der Waals surface area contributed by atoms with Gasteiger partial charge in [-0.15, -0.1) is 0 Å². The maximum absolute atomic E-state index is 12.3. The summed E-state index contributed by atoms with van der Waals surface area (Å²) in [6.45, 7) is 3.37. The molecule has 1 spiro atoms. The number of aromatic nitrogens is 1. The van der Waals surface area contributed by atoms with Gasteiger partial charge < -0.3 is 19.5 Å². The molecule has 0 radical (unpaired) electrons. The van der Waals surface area contributed by atoms with Gasteiger partial charge >= 0.3 is 6.03 Å². The van der Waals surface area contributed by atoms with Gasteiger partial charge in [-0.05, 0) is 31.7 Å². The van der Waals surface area contributed by atoms with Crippen LogP contribution in [0.5, 0.6) is 0 Å². The molecule has 1 saturated carbocycles. The first-order valence-corrected chi connectivity index (χ1v) is 9.01. The van der Waals surface area contributed by atoms with Crippen LogP contribution in [0.4, 0.5) is 4.79 Å². The number of hydrogen-bond acceptors (Lipinski definition) is 3. The standard InChI is InChI=1S/C18H27N3O3/c22-16-7-1-5-11-20(16)12-6-4-10-19-17(23)21-13-14-24-18(15-21)8-2-3-9-18/h1,5,7,11H,2-4,6,8-10,12-15H2,(H,19,23). The van der Waals surface area contributed by atoms with Gasteiger partial charge in [0.15, 0.2) is 0 Å². The topological polar surface area (TPSA) is 63.6 Å². The maximum atomic E-state index is 12.3. The minimum atomic E-state index is -0.0793. The number of rotatable bonds is 5. The Balaban J connectivity index is 1.36. The number of amides is 2. The van der Waals surface area contributed by atoms with Crippen LogP contribution in [0.15, 0.2) is 29.2 Å². The van der Waals surface area contributed by atoms with Crippen molar-refractivity contribution in [2.24, 2.45) is 0 Å². The van der Waals surface area contributed by atoms with Crippen molar-refractivity contribution in [1.29, 1.82) is 0 Å². The molecule has 1 aliphatic heterocycles. The van der Waals surface area contributed by atoms with Crippen LogP contribution in [0.1, 0.15) is 38.5 Å². The number of carbonyl (C=O) groups is 1. The van der Waals surface area contributed by atoms with Crippen LogP contribution in [-0.4, -0.2) is 47.3 Å². The Bertz CT molecular complexity index is 608. The molecule has 6 heteroatoms. The average molecular weight is 333 g/mol. The number of nitrogens with one attached hydrogen (secondary N) is 1. The van der Waals surface area contributed by atoms with E-state index in [0.29, 0.717) is 26.2 Å². The summed E-state index contributed by atoms with van der Waals surface area (Å²) in [6, 6.07) is 5.19. The number of aryl methyl sites for hydroxylation is 1. The third kappa shape index (κ3) is 4.17. The average Bonchev–Trinajstić information content (AvgIpc) is 3.03. The number of ether oxygens (including phenoxy) is 1. The van der Waals surface area contributed by atoms with Crippen LogP contribution >= 0.6 is 0 Å². The summed E-state index contributed by atoms with van der Waals surface area (Å²) in [6.07, 6.45) is 8.09. The van der Waals surface area contributed by atoms with Crippen LogP contribution in [0.2, 0.25) is 0 Å². The van der Waals surface area contributed by atoms with E-state index in [0.717, 1.165) is 32.2 Å². The van der Waals surface area contributed by atoms with Crippen molar-refractivity contribution in [2.45, 2.75) is 50.7 Å². The van der Waals surface area contributed by atoms with Gasteiger partial charge in [-0.3, -0.25) is 4.79 Å². The van der Waals surface area contributed by atoms with Gasteiger partial charge in [0.1, 0.15) is 0 Å². The summed E-state index contributed by atoms with van der Waals surface area (Å²) >= 11 is 0. The third-order valence-corrected chi connectivity index (χ3v) is 5.05. The molecule has 1 N–H and O–H groups in total. The molecule has 0 aromatic carbocycles. The van der Waals surface area contributed by atoms with E-state index in [-0.39, 0.29) is 17.2 Å². The first-order valence-electron chi connectivity index (χ1n) is 9.01. The second kappa shape index (κ2) is 7.83. The fourth-order valence-electron chi connectivity index (χ4n) is 3.70. The van der Waals surface area contributed by atoms with E-state index in [4.69, 9.17) is 4.74 Å². The van der Waals surface area contributed by atoms with E-state index >= 15 is 0 Å². The smallest absolute Gasteiger partial charge is 0.317 e. The van der Waals surface area contributed by atoms with Crippen LogP contribution in [0.3, 0.4) is 0 Å². The second-order valence-electron chi connectivity index (χ2n) is 6.83. The highest BCUT2D eigenvalue weighted by Gasteiger charge is 2.40. The zero-order chi connectivity index (χ0) is 16.8. The molecule has 2 aliphatic rings. The van der Waals surface area contributed by atoms with E-state index in [1.807, 2.05) is 11.0 Å². The van der Waals surface area contributed by atoms with E-state index in [2.05, 4.69) is 5.32 Å². The Morgan fingerprint density at radius 3 is 2.88 bits per heavy atom. The van der Waals surface area contributed by atoms with Gasteiger partial charge in [0.25, 0.3) is 0 Å². The van der Waals surface area contributed by atoms with E-state index in [9.17, 15) is 9.59 Å². The fraction of sp³-hybridized carbons (Fsp3) is 0.667. The van der Waals surface area contributed by atoms with Crippen molar-refractivity contribution in [1.82, 2.24) is 14.8 Å². The molecule has 3 rings (SSSR count). The Labute approximate surface area is 142 Å². The lowest BCUT2D eigenvalue weighted by atomic mass is 10.00. The lowest BCUT2D eigenvalue weighted by Gasteiger charge is -2.40. The molecule has 2 heterocycles. The van der Waals surface area contributed by atoms with Crippen molar-refractivity contribution in [3.63, 3.8) is 0 Å². The van der Waals surface area contributed by atoms with Crippen LogP contribution in [0.25, 0.3) is 0 Å². The number of unbranched alkanes of at least 4 members (excludes halogenated alkanes) is 1. The van der Waals surface area contributed by atoms with E-state index < -0.39 is 0 Å². The summed E-state index contributed by atoms with van der Waals surface area (Å²) < 4.78 is 7.66. The molecule has 0 atom stereocenters. The molecule has 1 aromatic heterocycles. The van der Waals surface area contributed by atoms with Crippen molar-refractivity contribution in [2.75, 3.05) is 26.2 Å². The molecule has 0 unspecified atom stereocenters. The van der Waals surface area contributed by atoms with Crippen LogP contribution < -0.4 is 10.9 Å². The monoisotopic (exact) mass is 333 g/mol. The van der Waals surface area contributed by atoms with Crippen molar-refractivity contribution >= 4 is 6.03 Å². The third-order valence-electron chi connectivity index (χ3n) is 5.05. The molecular weight excluding hydrogens is 306 g/mol. The molecule has 0 bridgehead atoms. The first-order chi connectivity index (χ1) is 11.7. The highest BCUT2D eigenvalue weighted by Crippen LogP contribution is 2.35. The predicted octanol–water partition coefficient (Wildman–Crippen LogP) is 1.98. The minimum absolute atomic E-state index is 0.0152. The van der Waals surface area contributed by atoms with E-state index in [1.54, 1.807) is 22.9 Å². The molecule has 1 aromatic rings. The lowest BCUT2D eigenvalue weighted by Crippen LogP contribution is -2.55. The molecule has 1 saturated heterocycles. The number of carbonyl (C=O) groups excluding carboxylic acids is 1. The summed E-state index contributed by atoms with van der Waals surface area (Å²) in [4.78, 5) is 25.8. The zero-order valence-corrected chi connectivity index (χ0v) is 14.2. The Hall–Kier alpha value is -1.82. The molecule has 2 amide bonds. The molecule has 2 fully saturated rings. The van der Waals surface area contributed by atoms with Crippen molar-refractivity contribution < 1.29 is 9.53 Å². The number of urea groups is 1. The van der Waals surface area contributed by atoms with Crippen LogP contribution in [-0.2, 0) is 11.3 Å². The van der Waals surface area contributed by atoms with Crippen LogP contribution in [0, 0.1) is 0 Å². The summed E-state index contributed by atoms with van der Waals surface area (Å²) in [5.74, 6) is 0. The fourth-order valence-corrected chi connectivity index (χ4v) is 3.70. The highest BCUT2D eigenvalue weighted by atomic mass is 16.5. The maximum Gasteiger partial charge on any atom is 0.317 e. The number of morpholine rings is 1. The summed E-state index contributed by atoms with van der Waals surface area (Å²) in [5, 5.41) is 3.00. The van der Waals surface area contributed by atoms with Gasteiger partial charge in [-0.1, -0.05) is 18.9 Å². The minimum Gasteiger partial charge on any atom is -0.371 e. The Kier molecular flexibility index (Phi) is 5.56. The lowest BCUT2D eigenvalue weighted by molar-refractivity contribution is -0.0925. The molecule has 132 valence electrons. The molecule has 1 aliphatic carbocycles. The SMILES string of the molecule is O=C(NCCCCn1ccccc1=O)N1CCOC2(CCCC2)C1. The van der Waals surface area contributed by atoms with Crippen molar-refractivity contribution in [3.8, 4) is 0 Å². The Morgan fingerprint density at radius 2 is 2.08 bits per heavy atom. The molecule has 6 nitrogen and oxygen atoms in total. The second-order valence-corrected chi connectivity index (χ2v) is 6.83. The van der Waals surface area contributed by atoms with E-state index in [1.165, 1.54) is 12.8 Å². The quantitative estimate of drug-likeness (QED) is 0.838. The van der Waals surface area contributed by atoms with Crippen molar-refractivity contribution in [3.05, 3.63) is 34.7 Å². The summed E-state index contributed by atoms with van der Waals surface area (Å²) in [7, 11) is 0. The molecular formula is C18H27N3O3. The highest BCUT2D eigenvalue weighted by molar-refractivity contribution is 5.74. The van der Waals surface area contributed by atoms with Gasteiger partial charge in [-0.2, -0.15) is 0 Å². The molecule has 24 heavy (non-hydrogen) atoms. The summed E-state index contributed by atoms with van der Waals surface area (Å²) in [5.41, 5.74) is -0.0546. The largest absolute Gasteiger partial charge is 0.371 e. The van der Waals surface area contributed by atoms with Gasteiger partial charge in [0.05, 0.1) is 18.8 Å². The zero-order valence-electron chi connectivity index (χ0n) is 14.2. The number of nitrogens with zero attached hydrogens (tertiary/aromatic N) is 2. The first kappa shape index (κ1) is 17.0.